The fraction of sp³-hybridized carbons (Fsp3) is 0. The summed E-state index contributed by atoms with van der Waals surface area (Å²) in [6.07, 6.45) is 0. The Hall–Kier alpha value is 1.78. The molecule has 0 aliphatic rings. The monoisotopic (exact) mass is 214 g/mol. The van der Waals surface area contributed by atoms with E-state index in [-0.39, 0.29) is 34.1 Å². The van der Waals surface area contributed by atoms with Gasteiger partial charge in [0.1, 0.15) is 0 Å². The van der Waals surface area contributed by atoms with Gasteiger partial charge < -0.3 is 0 Å². The van der Waals surface area contributed by atoms with Crippen molar-refractivity contribution >= 4 is 10.6 Å². The summed E-state index contributed by atoms with van der Waals surface area (Å²) in [7, 11) is 3.83. The molecule has 0 aliphatic heterocycles. The van der Waals surface area contributed by atoms with E-state index < -0.39 is 0 Å². The Morgan fingerprint density at radius 3 is 1.00 bits per heavy atom. The Kier molecular flexibility index (Phi) is 92.2. The van der Waals surface area contributed by atoms with Gasteiger partial charge in [0.25, 0.3) is 0 Å². The Morgan fingerprint density at radius 1 is 1.00 bits per heavy atom. The molecule has 2 radical (unpaired) electrons. The van der Waals surface area contributed by atoms with Gasteiger partial charge in [0.15, 0.2) is 0 Å². The summed E-state index contributed by atoms with van der Waals surface area (Å²) in [6.45, 7) is 0. The van der Waals surface area contributed by atoms with Crippen LogP contribution in [0.2, 0.25) is 0 Å². The van der Waals surface area contributed by atoms with Crippen LogP contribution in [0.1, 0.15) is 0 Å². The number of rotatable bonds is 0. The van der Waals surface area contributed by atoms with Crippen molar-refractivity contribution in [1.82, 2.24) is 0 Å². The molecule has 0 amide bonds. The van der Waals surface area contributed by atoms with Crippen molar-refractivity contribution in [3.05, 3.63) is 0 Å². The molecule has 0 fully saturated rings. The summed E-state index contributed by atoms with van der Waals surface area (Å²) < 4.78 is 0. The van der Waals surface area contributed by atoms with Gasteiger partial charge in [-0.25, -0.2) is 0 Å². The van der Waals surface area contributed by atoms with Crippen LogP contribution in [-0.2, 0) is 48.5 Å². The van der Waals surface area contributed by atoms with Gasteiger partial charge in [0.05, 0.1) is 0 Å². The summed E-state index contributed by atoms with van der Waals surface area (Å²) in [5, 5.41) is 0. The molecule has 0 saturated carbocycles. The van der Waals surface area contributed by atoms with E-state index in [0.29, 0.717) is 0 Å². The van der Waals surface area contributed by atoms with Crippen LogP contribution in [0.4, 0.5) is 0 Å². The van der Waals surface area contributed by atoms with Crippen molar-refractivity contribution in [2.24, 2.45) is 0 Å². The first-order valence-electron chi connectivity index (χ1n) is 0.144. The summed E-state index contributed by atoms with van der Waals surface area (Å²) in [5.74, 6) is 0. The molecule has 0 rings (SSSR count). The van der Waals surface area contributed by atoms with Crippen LogP contribution in [0.3, 0.4) is 0 Å². The van der Waals surface area contributed by atoms with E-state index in [4.69, 9.17) is 0 Å². The molecule has 0 bridgehead atoms. The Labute approximate surface area is 58.7 Å². The Morgan fingerprint density at radius 2 is 1.00 bits per heavy atom. The van der Waals surface area contributed by atoms with E-state index in [9.17, 15) is 0 Å². The third-order valence-corrected chi connectivity index (χ3v) is 0. The fourth-order valence-corrected chi connectivity index (χ4v) is 0. The van der Waals surface area contributed by atoms with Crippen LogP contribution in [-0.4, -0.2) is 0 Å². The van der Waals surface area contributed by atoms with Gasteiger partial charge >= 0.3 is 24.9 Å². The van der Waals surface area contributed by atoms with Crippen LogP contribution >= 0.6 is 10.6 Å². The molecule has 0 spiro atoms. The van der Waals surface area contributed by atoms with E-state index in [1.807, 2.05) is 0 Å². The molecule has 4 heavy (non-hydrogen) atoms. The molecule has 0 heterocycles. The zero-order valence-corrected chi connectivity index (χ0v) is 5.17. The van der Waals surface area contributed by atoms with Gasteiger partial charge in [-0.1, -0.05) is 0 Å². The zero-order chi connectivity index (χ0) is 2.00. The minimum atomic E-state index is 0. The minimum absolute atomic E-state index is 0. The van der Waals surface area contributed by atoms with Gasteiger partial charge in [-0.05, 0) is 0 Å². The summed E-state index contributed by atoms with van der Waals surface area (Å²) in [5.41, 5.74) is 0. The van der Waals surface area contributed by atoms with Gasteiger partial charge in [0, 0.05) is 34.1 Å². The molecular formula is Cu2FeS. The SMILES string of the molecule is [Cu].[Cu].[S]=[Fe]. The molecular weight excluding hydrogens is 215 g/mol. The van der Waals surface area contributed by atoms with Crippen LogP contribution < -0.4 is 0 Å². The quantitative estimate of drug-likeness (QED) is 0.534. The normalized spacial score (nSPS) is 1.25. The number of hydrogen-bond acceptors (Lipinski definition) is 1. The average Bonchev–Trinajstić information content (AvgIpc) is 1.00. The second-order valence-corrected chi connectivity index (χ2v) is 0. The Balaban J connectivity index is -0.00000000500. The van der Waals surface area contributed by atoms with Crippen molar-refractivity contribution in [3.63, 3.8) is 0 Å². The zero-order valence-electron chi connectivity index (χ0n) is 1.36. The van der Waals surface area contributed by atoms with Crippen molar-refractivity contribution in [3.8, 4) is 0 Å². The second kappa shape index (κ2) is 21.6. The third-order valence-electron chi connectivity index (χ3n) is 0. The molecule has 0 aromatic rings. The van der Waals surface area contributed by atoms with E-state index in [1.54, 1.807) is 0 Å². The molecule has 0 aromatic carbocycles. The predicted molar refractivity (Wildman–Crippen MR) is 7.59 cm³/mol. The molecule has 0 atom stereocenters. The molecule has 36 valence electrons. The van der Waals surface area contributed by atoms with E-state index in [0.717, 1.165) is 0 Å². The van der Waals surface area contributed by atoms with Crippen LogP contribution in [0, 0.1) is 0 Å². The van der Waals surface area contributed by atoms with E-state index in [1.165, 1.54) is 0 Å². The first-order valence-corrected chi connectivity index (χ1v) is 1.79. The first-order chi connectivity index (χ1) is 1.00. The average molecular weight is 215 g/mol. The molecule has 0 unspecified atom stereocenters. The molecule has 0 aliphatic carbocycles. The van der Waals surface area contributed by atoms with Gasteiger partial charge in [0.2, 0.25) is 0 Å². The summed E-state index contributed by atoms with van der Waals surface area (Å²) in [4.78, 5) is 0. The standard InChI is InChI=1S/2Cu.Fe.S. The molecule has 4 heteroatoms. The summed E-state index contributed by atoms with van der Waals surface area (Å²) in [6, 6.07) is 0. The van der Waals surface area contributed by atoms with Crippen LogP contribution in [0.5, 0.6) is 0 Å². The second-order valence-electron chi connectivity index (χ2n) is 0. The fourth-order valence-electron chi connectivity index (χ4n) is 0. The van der Waals surface area contributed by atoms with Crippen molar-refractivity contribution in [2.45, 2.75) is 0 Å². The molecule has 0 aromatic heterocycles. The van der Waals surface area contributed by atoms with Gasteiger partial charge in [-0.2, -0.15) is 0 Å². The predicted octanol–water partition coefficient (Wildman–Crippen LogP) is 0.641. The van der Waals surface area contributed by atoms with Crippen molar-refractivity contribution < 1.29 is 48.5 Å². The first kappa shape index (κ1) is 17.1. The van der Waals surface area contributed by atoms with Crippen molar-refractivity contribution in [2.75, 3.05) is 0 Å². The third kappa shape index (κ3) is 9.22. The molecule has 0 saturated heterocycles. The van der Waals surface area contributed by atoms with E-state index >= 15 is 0 Å². The maximum atomic E-state index is 3.83. The maximum absolute atomic E-state index is 3.83. The number of hydrogen-bond donors (Lipinski definition) is 0. The van der Waals surface area contributed by atoms with Gasteiger partial charge in [-0.15, -0.1) is 0 Å². The summed E-state index contributed by atoms with van der Waals surface area (Å²) >= 11 is 2.83. The van der Waals surface area contributed by atoms with Gasteiger partial charge in [-0.3, -0.25) is 0 Å². The van der Waals surface area contributed by atoms with E-state index in [2.05, 4.69) is 24.9 Å². The topological polar surface area (TPSA) is 0 Å². The Bertz CT molecular complexity index is 6.00. The molecule has 0 nitrogen and oxygen atoms in total. The molecule has 0 N–H and O–H groups in total. The van der Waals surface area contributed by atoms with Crippen LogP contribution in [0.25, 0.3) is 0 Å². The van der Waals surface area contributed by atoms with Crippen molar-refractivity contribution in [1.29, 1.82) is 0 Å². The van der Waals surface area contributed by atoms with Crippen LogP contribution in [0.15, 0.2) is 0 Å².